The van der Waals surface area contributed by atoms with Crippen LogP contribution < -0.4 is 15.8 Å². The van der Waals surface area contributed by atoms with E-state index in [1.165, 1.54) is 29.2 Å². The minimum atomic E-state index is -1.11. The molecule has 0 saturated heterocycles. The SMILES string of the molecule is NC(=Nc1ccc2c(c1)CN(CC(=O)c1ccc(OCC(=O)O)cc1)C2=O)NC(=O)OCc1ccccc1. The maximum Gasteiger partial charge on any atom is 0.414 e. The second kappa shape index (κ2) is 11.7. The lowest BCUT2D eigenvalue weighted by molar-refractivity contribution is -0.139. The molecule has 1 aliphatic rings. The monoisotopic (exact) mass is 516 g/mol. The summed E-state index contributed by atoms with van der Waals surface area (Å²) >= 11 is 0. The number of alkyl carbamates (subject to hydrolysis) is 1. The van der Waals surface area contributed by atoms with Gasteiger partial charge in [-0.15, -0.1) is 0 Å². The number of carboxylic acids is 1. The Morgan fingerprint density at radius 3 is 2.47 bits per heavy atom. The number of nitrogens with zero attached hydrogens (tertiary/aromatic N) is 2. The van der Waals surface area contributed by atoms with Gasteiger partial charge in [0.15, 0.2) is 12.4 Å². The van der Waals surface area contributed by atoms with E-state index in [9.17, 15) is 19.2 Å². The van der Waals surface area contributed by atoms with Gasteiger partial charge in [-0.3, -0.25) is 14.9 Å². The molecule has 4 rings (SSSR count). The summed E-state index contributed by atoms with van der Waals surface area (Å²) in [5, 5.41) is 11.0. The lowest BCUT2D eigenvalue weighted by Gasteiger charge is -2.14. The van der Waals surface area contributed by atoms with Crippen molar-refractivity contribution in [1.29, 1.82) is 0 Å². The van der Waals surface area contributed by atoms with Gasteiger partial charge in [-0.25, -0.2) is 14.6 Å². The molecule has 0 saturated carbocycles. The Morgan fingerprint density at radius 2 is 1.76 bits per heavy atom. The highest BCUT2D eigenvalue weighted by Gasteiger charge is 2.29. The maximum absolute atomic E-state index is 12.8. The zero-order chi connectivity index (χ0) is 27.1. The number of benzene rings is 3. The summed E-state index contributed by atoms with van der Waals surface area (Å²) in [6, 6.07) is 20.0. The average Bonchev–Trinajstić information content (AvgIpc) is 3.21. The zero-order valence-corrected chi connectivity index (χ0v) is 20.1. The van der Waals surface area contributed by atoms with E-state index >= 15 is 0 Å². The molecule has 11 heteroatoms. The van der Waals surface area contributed by atoms with E-state index in [1.54, 1.807) is 18.2 Å². The van der Waals surface area contributed by atoms with Crippen LogP contribution in [0.3, 0.4) is 0 Å². The van der Waals surface area contributed by atoms with Crippen molar-refractivity contribution in [2.75, 3.05) is 13.2 Å². The number of carboxylic acid groups (broad SMARTS) is 1. The highest BCUT2D eigenvalue weighted by molar-refractivity contribution is 6.04. The van der Waals surface area contributed by atoms with Gasteiger partial charge in [-0.2, -0.15) is 0 Å². The molecule has 0 bridgehead atoms. The summed E-state index contributed by atoms with van der Waals surface area (Å²) in [7, 11) is 0. The fourth-order valence-corrected chi connectivity index (χ4v) is 3.74. The third-order valence-corrected chi connectivity index (χ3v) is 5.53. The molecule has 11 nitrogen and oxygen atoms in total. The fraction of sp³-hybridized carbons (Fsp3) is 0.148. The Morgan fingerprint density at radius 1 is 1.03 bits per heavy atom. The number of nitrogens with two attached hydrogens (primary N) is 1. The number of Topliss-reactive ketones (excluding diaryl/α,β-unsaturated/α-hetero) is 1. The Labute approximate surface area is 217 Å². The molecule has 0 radical (unpaired) electrons. The van der Waals surface area contributed by atoms with Gasteiger partial charge >= 0.3 is 12.1 Å². The normalized spacial score (nSPS) is 12.6. The highest BCUT2D eigenvalue weighted by atomic mass is 16.5. The van der Waals surface area contributed by atoms with E-state index in [-0.39, 0.29) is 37.3 Å². The summed E-state index contributed by atoms with van der Waals surface area (Å²) in [6.45, 7) is -0.341. The number of carbonyl (C=O) groups is 4. The largest absolute Gasteiger partial charge is 0.482 e. The molecule has 38 heavy (non-hydrogen) atoms. The first-order chi connectivity index (χ1) is 18.3. The van der Waals surface area contributed by atoms with Gasteiger partial charge in [-0.05, 0) is 53.6 Å². The molecule has 0 aliphatic carbocycles. The van der Waals surface area contributed by atoms with Crippen LogP contribution in [0.4, 0.5) is 10.5 Å². The van der Waals surface area contributed by atoms with Gasteiger partial charge < -0.3 is 25.2 Å². The smallest absolute Gasteiger partial charge is 0.414 e. The first kappa shape index (κ1) is 25.9. The first-order valence-corrected chi connectivity index (χ1v) is 11.5. The third-order valence-electron chi connectivity index (χ3n) is 5.53. The maximum atomic E-state index is 12.8. The zero-order valence-electron chi connectivity index (χ0n) is 20.1. The number of nitrogens with one attached hydrogen (secondary N) is 1. The van der Waals surface area contributed by atoms with Crippen molar-refractivity contribution < 1.29 is 33.8 Å². The van der Waals surface area contributed by atoms with Crippen molar-refractivity contribution in [1.82, 2.24) is 10.2 Å². The molecular weight excluding hydrogens is 492 g/mol. The van der Waals surface area contributed by atoms with E-state index in [4.69, 9.17) is 20.3 Å². The lowest BCUT2D eigenvalue weighted by atomic mass is 10.1. The minimum absolute atomic E-state index is 0.0815. The quantitative estimate of drug-likeness (QED) is 0.222. The highest BCUT2D eigenvalue weighted by Crippen LogP contribution is 2.27. The molecule has 1 heterocycles. The Hall–Kier alpha value is -5.19. The van der Waals surface area contributed by atoms with E-state index < -0.39 is 18.7 Å². The number of aliphatic carboxylic acids is 1. The average molecular weight is 517 g/mol. The number of aliphatic imine (C=N–C) groups is 1. The van der Waals surface area contributed by atoms with E-state index in [0.29, 0.717) is 28.1 Å². The minimum Gasteiger partial charge on any atom is -0.482 e. The van der Waals surface area contributed by atoms with Crippen LogP contribution in [-0.2, 0) is 22.7 Å². The number of rotatable bonds is 9. The van der Waals surface area contributed by atoms with Crippen LogP contribution in [0.15, 0.2) is 77.8 Å². The standard InChI is InChI=1S/C27H24N4O7/c28-26(30-27(36)38-15-17-4-2-1-3-5-17)29-20-8-11-22-19(12-20)13-31(25(22)35)14-23(32)18-6-9-21(10-7-18)37-16-24(33)34/h1-12H,13-16H2,(H,33,34)(H3,28,29,30,36). The van der Waals surface area contributed by atoms with Crippen LogP contribution >= 0.6 is 0 Å². The molecular formula is C27H24N4O7. The summed E-state index contributed by atoms with van der Waals surface area (Å²) in [4.78, 5) is 53.7. The molecule has 4 N–H and O–H groups in total. The van der Waals surface area contributed by atoms with Gasteiger partial charge in [0.2, 0.25) is 5.96 Å². The van der Waals surface area contributed by atoms with Gasteiger partial charge in [0.1, 0.15) is 12.4 Å². The van der Waals surface area contributed by atoms with E-state index in [2.05, 4.69) is 10.3 Å². The molecule has 3 aromatic carbocycles. The van der Waals surface area contributed by atoms with Crippen LogP contribution in [0.25, 0.3) is 0 Å². The lowest BCUT2D eigenvalue weighted by Crippen LogP contribution is -2.36. The topological polar surface area (TPSA) is 161 Å². The van der Waals surface area contributed by atoms with Crippen molar-refractivity contribution in [2.24, 2.45) is 10.7 Å². The number of hydrogen-bond acceptors (Lipinski definition) is 7. The molecule has 0 spiro atoms. The molecule has 2 amide bonds. The predicted molar refractivity (Wildman–Crippen MR) is 136 cm³/mol. The molecule has 1 aliphatic heterocycles. The van der Waals surface area contributed by atoms with E-state index in [1.807, 2.05) is 30.3 Å². The van der Waals surface area contributed by atoms with Crippen molar-refractivity contribution in [3.05, 3.63) is 95.1 Å². The molecule has 194 valence electrons. The van der Waals surface area contributed by atoms with Crippen molar-refractivity contribution in [3.63, 3.8) is 0 Å². The molecule has 0 fully saturated rings. The van der Waals surface area contributed by atoms with Crippen molar-refractivity contribution in [3.8, 4) is 5.75 Å². The van der Waals surface area contributed by atoms with Gasteiger partial charge in [0, 0.05) is 17.7 Å². The second-order valence-electron chi connectivity index (χ2n) is 8.32. The van der Waals surface area contributed by atoms with Crippen LogP contribution in [0.1, 0.15) is 31.8 Å². The van der Waals surface area contributed by atoms with Crippen LogP contribution in [-0.4, -0.2) is 52.9 Å². The van der Waals surface area contributed by atoms with Crippen LogP contribution in [0, 0.1) is 0 Å². The second-order valence-corrected chi connectivity index (χ2v) is 8.32. The molecule has 3 aromatic rings. The molecule has 0 aromatic heterocycles. The van der Waals surface area contributed by atoms with Crippen LogP contribution in [0.5, 0.6) is 5.75 Å². The summed E-state index contributed by atoms with van der Waals surface area (Å²) in [5.74, 6) is -1.53. The van der Waals surface area contributed by atoms with Crippen molar-refractivity contribution in [2.45, 2.75) is 13.2 Å². The third kappa shape index (κ3) is 6.72. The fourth-order valence-electron chi connectivity index (χ4n) is 3.74. The Bertz CT molecular complexity index is 1390. The number of ketones is 1. The van der Waals surface area contributed by atoms with E-state index in [0.717, 1.165) is 5.56 Å². The summed E-state index contributed by atoms with van der Waals surface area (Å²) < 4.78 is 10.2. The van der Waals surface area contributed by atoms with Crippen LogP contribution in [0.2, 0.25) is 0 Å². The number of fused-ring (bicyclic) bond motifs is 1. The Kier molecular flexibility index (Phi) is 7.97. The first-order valence-electron chi connectivity index (χ1n) is 11.5. The number of ether oxygens (including phenoxy) is 2. The molecule has 0 atom stereocenters. The summed E-state index contributed by atoms with van der Waals surface area (Å²) in [6.07, 6.45) is -0.752. The Balaban J connectivity index is 1.33. The number of hydrogen-bond donors (Lipinski definition) is 3. The molecule has 0 unspecified atom stereocenters. The number of amides is 2. The van der Waals surface area contributed by atoms with Gasteiger partial charge in [-0.1, -0.05) is 30.3 Å². The van der Waals surface area contributed by atoms with Gasteiger partial charge in [0.05, 0.1) is 12.2 Å². The summed E-state index contributed by atoms with van der Waals surface area (Å²) in [5.41, 5.74) is 8.55. The number of carbonyl (C=O) groups excluding carboxylic acids is 3. The van der Waals surface area contributed by atoms with Crippen molar-refractivity contribution >= 4 is 35.4 Å². The van der Waals surface area contributed by atoms with Gasteiger partial charge in [0.25, 0.3) is 5.91 Å². The predicted octanol–water partition coefficient (Wildman–Crippen LogP) is 2.86. The number of guanidine groups is 1.